The highest BCUT2D eigenvalue weighted by Gasteiger charge is 2.38. The molecule has 32 heavy (non-hydrogen) atoms. The largest absolute Gasteiger partial charge is 0.497 e. The number of carbonyl (C=O) groups excluding carboxylic acids is 1. The van der Waals surface area contributed by atoms with Crippen LogP contribution in [0.5, 0.6) is 5.75 Å². The van der Waals surface area contributed by atoms with Crippen LogP contribution in [-0.2, 0) is 4.79 Å². The van der Waals surface area contributed by atoms with Gasteiger partial charge in [-0.05, 0) is 41.0 Å². The molecule has 3 heteroatoms. The molecule has 1 aliphatic rings. The van der Waals surface area contributed by atoms with Crippen molar-refractivity contribution >= 4 is 22.7 Å². The Morgan fingerprint density at radius 2 is 1.47 bits per heavy atom. The molecule has 0 saturated carbocycles. The number of para-hydroxylation sites is 1. The van der Waals surface area contributed by atoms with Crippen LogP contribution in [0.4, 0.5) is 5.69 Å². The summed E-state index contributed by atoms with van der Waals surface area (Å²) in [4.78, 5) is 14.0. The fourth-order valence-electron chi connectivity index (χ4n) is 4.35. The van der Waals surface area contributed by atoms with Crippen molar-refractivity contribution in [1.29, 1.82) is 0 Å². The minimum atomic E-state index is -0.319. The normalized spacial score (nSPS) is 16.4. The summed E-state index contributed by atoms with van der Waals surface area (Å²) in [6.45, 7) is 0. The summed E-state index contributed by atoms with van der Waals surface area (Å²) >= 11 is 0. The van der Waals surface area contributed by atoms with E-state index in [1.807, 2.05) is 103 Å². The third-order valence-electron chi connectivity index (χ3n) is 5.83. The van der Waals surface area contributed by atoms with E-state index in [0.29, 0.717) is 5.57 Å². The Hall–Kier alpha value is -4.11. The fourth-order valence-corrected chi connectivity index (χ4v) is 4.35. The maximum atomic E-state index is 14.0. The second kappa shape index (κ2) is 8.56. The van der Waals surface area contributed by atoms with Crippen LogP contribution in [0.15, 0.2) is 109 Å². The van der Waals surface area contributed by atoms with Crippen LogP contribution in [-0.4, -0.2) is 12.9 Å². The average molecular weight is 418 g/mol. The quantitative estimate of drug-likeness (QED) is 0.382. The van der Waals surface area contributed by atoms with Crippen LogP contribution in [0.25, 0.3) is 11.3 Å². The molecule has 3 nitrogen and oxygen atoms in total. The average Bonchev–Trinajstić information content (AvgIpc) is 3.15. The predicted molar refractivity (Wildman–Crippen MR) is 130 cm³/mol. The number of fused-ring (bicyclic) bond motifs is 1. The van der Waals surface area contributed by atoms with Crippen molar-refractivity contribution in [2.24, 2.45) is 0 Å². The molecule has 0 fully saturated rings. The molecule has 0 aliphatic heterocycles. The number of methoxy groups -OCH3 is 1. The predicted octanol–water partition coefficient (Wildman–Crippen LogP) is 6.39. The fraction of sp³-hybridized carbons (Fsp3) is 0.0690. The van der Waals surface area contributed by atoms with E-state index >= 15 is 0 Å². The molecule has 1 aliphatic carbocycles. The summed E-state index contributed by atoms with van der Waals surface area (Å²) in [5, 5.41) is 3.54. The Bertz CT molecular complexity index is 1290. The Kier molecular flexibility index (Phi) is 5.30. The molecule has 0 spiro atoms. The van der Waals surface area contributed by atoms with Crippen LogP contribution in [0.3, 0.4) is 0 Å². The molecule has 0 heterocycles. The van der Waals surface area contributed by atoms with Crippen molar-refractivity contribution < 1.29 is 9.53 Å². The number of ether oxygens (including phenoxy) is 1. The molecule has 156 valence electrons. The van der Waals surface area contributed by atoms with Crippen LogP contribution in [0, 0.1) is 0 Å². The van der Waals surface area contributed by atoms with Gasteiger partial charge in [-0.2, -0.15) is 0 Å². The van der Waals surface area contributed by atoms with Gasteiger partial charge in [-0.3, -0.25) is 4.79 Å². The molecule has 0 radical (unpaired) electrons. The van der Waals surface area contributed by atoms with Gasteiger partial charge in [-0.1, -0.05) is 84.9 Å². The van der Waals surface area contributed by atoms with Crippen LogP contribution < -0.4 is 10.1 Å². The number of anilines is 1. The smallest absolute Gasteiger partial charge is 0.177 e. The maximum absolute atomic E-state index is 14.0. The topological polar surface area (TPSA) is 38.3 Å². The number of benzene rings is 4. The zero-order valence-electron chi connectivity index (χ0n) is 17.8. The summed E-state index contributed by atoms with van der Waals surface area (Å²) in [5.74, 6) is 0.521. The molecule has 1 atom stereocenters. The molecular formula is C29H23NO2. The summed E-state index contributed by atoms with van der Waals surface area (Å²) in [6, 6.07) is 35.8. The SMILES string of the molecule is COc1cccc(/C(Nc2ccccc2)=C2/C(=O)C(c3ccccc3)c3ccccc32)c1. The molecule has 0 saturated heterocycles. The summed E-state index contributed by atoms with van der Waals surface area (Å²) in [7, 11) is 1.65. The van der Waals surface area contributed by atoms with E-state index in [1.165, 1.54) is 0 Å². The molecule has 0 aromatic heterocycles. The van der Waals surface area contributed by atoms with Crippen molar-refractivity contribution in [3.05, 3.63) is 131 Å². The Morgan fingerprint density at radius 3 is 2.22 bits per heavy atom. The highest BCUT2D eigenvalue weighted by molar-refractivity contribution is 6.35. The van der Waals surface area contributed by atoms with E-state index in [2.05, 4.69) is 11.4 Å². The van der Waals surface area contributed by atoms with Crippen LogP contribution in [0.1, 0.15) is 28.2 Å². The lowest BCUT2D eigenvalue weighted by atomic mass is 9.92. The van der Waals surface area contributed by atoms with Gasteiger partial charge < -0.3 is 10.1 Å². The first-order valence-corrected chi connectivity index (χ1v) is 10.7. The number of hydrogen-bond acceptors (Lipinski definition) is 3. The number of carbonyl (C=O) groups is 1. The minimum absolute atomic E-state index is 0.0960. The van der Waals surface area contributed by atoms with Gasteiger partial charge in [0.25, 0.3) is 0 Å². The van der Waals surface area contributed by atoms with E-state index in [1.54, 1.807) is 7.11 Å². The highest BCUT2D eigenvalue weighted by atomic mass is 16.5. The number of hydrogen-bond donors (Lipinski definition) is 1. The second-order valence-electron chi connectivity index (χ2n) is 7.77. The first-order chi connectivity index (χ1) is 15.8. The maximum Gasteiger partial charge on any atom is 0.177 e. The van der Waals surface area contributed by atoms with Gasteiger partial charge in [0.15, 0.2) is 5.78 Å². The molecule has 4 aromatic rings. The van der Waals surface area contributed by atoms with Crippen LogP contribution >= 0.6 is 0 Å². The summed E-state index contributed by atoms with van der Waals surface area (Å²) in [6.07, 6.45) is 0. The number of rotatable bonds is 5. The van der Waals surface area contributed by atoms with Crippen molar-refractivity contribution in [1.82, 2.24) is 0 Å². The number of nitrogens with one attached hydrogen (secondary N) is 1. The van der Waals surface area contributed by atoms with Crippen molar-refractivity contribution in [3.63, 3.8) is 0 Å². The standard InChI is InChI=1S/C29H23NO2/c1-32-23-16-10-13-21(19-23)28(30-22-14-6-3-7-15-22)27-25-18-9-8-17-24(25)26(29(27)31)20-11-4-2-5-12-20/h2-19,26,30H,1H3/b28-27-. The molecular weight excluding hydrogens is 394 g/mol. The summed E-state index contributed by atoms with van der Waals surface area (Å²) in [5.41, 5.74) is 6.31. The number of ketones is 1. The van der Waals surface area contributed by atoms with Crippen molar-refractivity contribution in [2.45, 2.75) is 5.92 Å². The summed E-state index contributed by atoms with van der Waals surface area (Å²) < 4.78 is 5.47. The molecule has 4 aromatic carbocycles. The molecule has 1 N–H and O–H groups in total. The van der Waals surface area contributed by atoms with Gasteiger partial charge in [0.1, 0.15) is 5.75 Å². The first kappa shape index (κ1) is 19.8. The van der Waals surface area contributed by atoms with E-state index in [-0.39, 0.29) is 11.7 Å². The van der Waals surface area contributed by atoms with Gasteiger partial charge in [0.2, 0.25) is 0 Å². The zero-order chi connectivity index (χ0) is 21.9. The molecule has 0 bridgehead atoms. The first-order valence-electron chi connectivity index (χ1n) is 10.7. The van der Waals surface area contributed by atoms with Gasteiger partial charge in [-0.25, -0.2) is 0 Å². The molecule has 5 rings (SSSR count). The highest BCUT2D eigenvalue weighted by Crippen LogP contribution is 2.45. The van der Waals surface area contributed by atoms with Crippen LogP contribution in [0.2, 0.25) is 0 Å². The van der Waals surface area contributed by atoms with E-state index in [4.69, 9.17) is 4.74 Å². The lowest BCUT2D eigenvalue weighted by Crippen LogP contribution is -2.11. The van der Waals surface area contributed by atoms with Crippen molar-refractivity contribution in [2.75, 3.05) is 12.4 Å². The van der Waals surface area contributed by atoms with Gasteiger partial charge in [0, 0.05) is 11.3 Å². The lowest BCUT2D eigenvalue weighted by Gasteiger charge is -2.16. The molecule has 1 unspecified atom stereocenters. The molecule has 0 amide bonds. The second-order valence-corrected chi connectivity index (χ2v) is 7.77. The van der Waals surface area contributed by atoms with Gasteiger partial charge >= 0.3 is 0 Å². The number of Topliss-reactive ketones (excluding diaryl/α,β-unsaturated/α-hetero) is 1. The third kappa shape index (κ3) is 3.58. The van der Waals surface area contributed by atoms with Gasteiger partial charge in [-0.15, -0.1) is 0 Å². The minimum Gasteiger partial charge on any atom is -0.497 e. The monoisotopic (exact) mass is 417 g/mol. The zero-order valence-corrected chi connectivity index (χ0v) is 17.8. The Labute approximate surface area is 188 Å². The van der Waals surface area contributed by atoms with E-state index < -0.39 is 0 Å². The number of allylic oxidation sites excluding steroid dienone is 1. The van der Waals surface area contributed by atoms with Gasteiger partial charge in [0.05, 0.1) is 24.3 Å². The Morgan fingerprint density at radius 1 is 0.781 bits per heavy atom. The third-order valence-corrected chi connectivity index (χ3v) is 5.83. The van der Waals surface area contributed by atoms with E-state index in [9.17, 15) is 4.79 Å². The Balaban J connectivity index is 1.75. The van der Waals surface area contributed by atoms with E-state index in [0.717, 1.165) is 39.4 Å². The van der Waals surface area contributed by atoms with Crippen molar-refractivity contribution in [3.8, 4) is 5.75 Å². The lowest BCUT2D eigenvalue weighted by molar-refractivity contribution is -0.113.